The number of ether oxygens (including phenoxy) is 3. The first-order valence-electron chi connectivity index (χ1n) is 20.0. The Balaban J connectivity index is 1.25. The molecular weight excluding hydrogens is 751 g/mol. The van der Waals surface area contributed by atoms with Crippen LogP contribution in [0.5, 0.6) is 0 Å². The van der Waals surface area contributed by atoms with Crippen molar-refractivity contribution in [2.75, 3.05) is 0 Å². The minimum atomic E-state index is -0.622. The SMILES string of the molecule is CC(C)(C)OC(=O)n1cccc1-c1ccc(-c2cc(-c3ccc(-c4cccn4C(=O)OC(C)(C)C)cc3)cc(-c3ccc(-c4cccn4C(=O)OC(C)(C)C)cc3)c2)cc1. The summed E-state index contributed by atoms with van der Waals surface area (Å²) >= 11 is 0. The molecule has 7 aromatic rings. The van der Waals surface area contributed by atoms with Crippen LogP contribution in [0.1, 0.15) is 62.3 Å². The zero-order valence-electron chi connectivity index (χ0n) is 35.6. The monoisotopic (exact) mass is 801 g/mol. The molecule has 0 aliphatic heterocycles. The summed E-state index contributed by atoms with van der Waals surface area (Å²) in [4.78, 5) is 39.0. The van der Waals surface area contributed by atoms with E-state index in [9.17, 15) is 14.4 Å². The van der Waals surface area contributed by atoms with Crippen molar-refractivity contribution < 1.29 is 28.6 Å². The van der Waals surface area contributed by atoms with Gasteiger partial charge in [0.25, 0.3) is 0 Å². The first-order chi connectivity index (χ1) is 28.3. The molecule has 0 radical (unpaired) electrons. The number of hydrogen-bond donors (Lipinski definition) is 0. The third-order valence-corrected chi connectivity index (χ3v) is 9.49. The molecule has 9 heteroatoms. The fourth-order valence-corrected chi connectivity index (χ4v) is 6.89. The summed E-state index contributed by atoms with van der Waals surface area (Å²) in [5.41, 5.74) is 8.98. The molecule has 0 aliphatic rings. The molecule has 0 bridgehead atoms. The molecule has 0 N–H and O–H groups in total. The van der Waals surface area contributed by atoms with Crippen LogP contribution in [0.3, 0.4) is 0 Å². The second kappa shape index (κ2) is 16.1. The second-order valence-corrected chi connectivity index (χ2v) is 17.8. The molecule has 0 saturated carbocycles. The molecule has 60 heavy (non-hydrogen) atoms. The number of aromatic nitrogens is 3. The summed E-state index contributed by atoms with van der Waals surface area (Å²) in [7, 11) is 0. The highest BCUT2D eigenvalue weighted by Crippen LogP contribution is 2.36. The molecule has 0 amide bonds. The smallest absolute Gasteiger partial charge is 0.418 e. The van der Waals surface area contributed by atoms with E-state index in [-0.39, 0.29) is 0 Å². The molecule has 0 unspecified atom stereocenters. The van der Waals surface area contributed by atoms with Crippen molar-refractivity contribution >= 4 is 18.3 Å². The van der Waals surface area contributed by atoms with Crippen molar-refractivity contribution in [3.63, 3.8) is 0 Å². The summed E-state index contributed by atoms with van der Waals surface area (Å²) in [6.07, 6.45) is 3.85. The Kier molecular flexibility index (Phi) is 11.1. The zero-order valence-corrected chi connectivity index (χ0v) is 35.6. The highest BCUT2D eigenvalue weighted by molar-refractivity contribution is 5.85. The van der Waals surface area contributed by atoms with E-state index in [4.69, 9.17) is 14.2 Å². The minimum absolute atomic E-state index is 0.433. The molecule has 9 nitrogen and oxygen atoms in total. The highest BCUT2D eigenvalue weighted by atomic mass is 16.6. The quantitative estimate of drug-likeness (QED) is 0.155. The summed E-state index contributed by atoms with van der Waals surface area (Å²) in [5.74, 6) is 0. The van der Waals surface area contributed by atoms with Gasteiger partial charge in [-0.25, -0.2) is 14.4 Å². The van der Waals surface area contributed by atoms with Gasteiger partial charge in [0, 0.05) is 18.6 Å². The largest absolute Gasteiger partial charge is 0.443 e. The Morgan fingerprint density at radius 1 is 0.333 bits per heavy atom. The Morgan fingerprint density at radius 2 is 0.550 bits per heavy atom. The average molecular weight is 802 g/mol. The van der Waals surface area contributed by atoms with Crippen molar-refractivity contribution in [2.24, 2.45) is 0 Å². The predicted molar refractivity (Wildman–Crippen MR) is 238 cm³/mol. The molecular formula is C51H51N3O6. The van der Waals surface area contributed by atoms with E-state index in [0.717, 1.165) is 67.2 Å². The molecule has 306 valence electrons. The van der Waals surface area contributed by atoms with Gasteiger partial charge in [0.1, 0.15) is 16.8 Å². The van der Waals surface area contributed by atoms with E-state index in [1.165, 1.54) is 13.7 Å². The maximum absolute atomic E-state index is 13.0. The van der Waals surface area contributed by atoms with Crippen LogP contribution in [0.25, 0.3) is 67.2 Å². The maximum atomic E-state index is 13.0. The molecule has 0 spiro atoms. The van der Waals surface area contributed by atoms with Gasteiger partial charge in [0.05, 0.1) is 17.1 Å². The molecule has 0 aliphatic carbocycles. The number of carbonyl (C=O) groups is 3. The Bertz CT molecular complexity index is 2350. The first kappa shape index (κ1) is 41.3. The topological polar surface area (TPSA) is 93.7 Å². The second-order valence-electron chi connectivity index (χ2n) is 17.8. The normalized spacial score (nSPS) is 11.9. The van der Waals surface area contributed by atoms with Crippen LogP contribution in [0.4, 0.5) is 14.4 Å². The lowest BCUT2D eigenvalue weighted by molar-refractivity contribution is 0.0528. The number of carbonyl (C=O) groups excluding carboxylic acids is 3. The van der Waals surface area contributed by atoms with Gasteiger partial charge in [0.15, 0.2) is 0 Å². The van der Waals surface area contributed by atoms with Crippen LogP contribution in [0.2, 0.25) is 0 Å². The number of hydrogen-bond acceptors (Lipinski definition) is 6. The molecule has 0 saturated heterocycles. The Morgan fingerprint density at radius 3 is 0.767 bits per heavy atom. The van der Waals surface area contributed by atoms with E-state index in [2.05, 4.69) is 54.6 Å². The van der Waals surface area contributed by atoms with Gasteiger partial charge in [-0.15, -0.1) is 0 Å². The van der Waals surface area contributed by atoms with Crippen LogP contribution in [0, 0.1) is 0 Å². The van der Waals surface area contributed by atoms with Crippen LogP contribution in [-0.2, 0) is 14.2 Å². The molecule has 4 aromatic carbocycles. The van der Waals surface area contributed by atoms with Crippen LogP contribution in [-0.4, -0.2) is 48.8 Å². The lowest BCUT2D eigenvalue weighted by atomic mass is 9.92. The van der Waals surface area contributed by atoms with Gasteiger partial charge in [-0.05, 0) is 167 Å². The van der Waals surface area contributed by atoms with E-state index >= 15 is 0 Å². The van der Waals surface area contributed by atoms with Gasteiger partial charge in [-0.2, -0.15) is 0 Å². The van der Waals surface area contributed by atoms with Crippen molar-refractivity contribution in [3.05, 3.63) is 146 Å². The van der Waals surface area contributed by atoms with Crippen molar-refractivity contribution in [1.82, 2.24) is 13.7 Å². The van der Waals surface area contributed by atoms with Crippen molar-refractivity contribution in [3.8, 4) is 67.2 Å². The summed E-state index contributed by atoms with van der Waals surface area (Å²) in [6.45, 7) is 16.7. The van der Waals surface area contributed by atoms with Gasteiger partial charge in [0.2, 0.25) is 0 Å². The molecule has 0 fully saturated rings. The van der Waals surface area contributed by atoms with E-state index in [0.29, 0.717) is 0 Å². The molecule has 3 heterocycles. The molecule has 3 aromatic heterocycles. The van der Waals surface area contributed by atoms with E-state index in [1.807, 2.05) is 135 Å². The van der Waals surface area contributed by atoms with Gasteiger partial charge < -0.3 is 14.2 Å². The number of nitrogens with zero attached hydrogens (tertiary/aromatic N) is 3. The fourth-order valence-electron chi connectivity index (χ4n) is 6.89. The third kappa shape index (κ3) is 9.53. The first-order valence-corrected chi connectivity index (χ1v) is 20.0. The maximum Gasteiger partial charge on any atom is 0.418 e. The van der Waals surface area contributed by atoms with Gasteiger partial charge in [-0.3, -0.25) is 13.7 Å². The standard InChI is InChI=1S/C51H51N3O6/c1-49(2,3)58-46(55)52-28-10-13-43(52)37-22-16-34(17-23-37)40-31-41(35-18-24-38(25-19-35)44-14-11-29-53(44)47(56)59-50(4,5)6)33-42(32-40)36-20-26-39(27-21-36)45-15-12-30-54(45)48(57)60-51(7,8)9/h10-33H,1-9H3. The van der Waals surface area contributed by atoms with Crippen molar-refractivity contribution in [2.45, 2.75) is 79.1 Å². The lowest BCUT2D eigenvalue weighted by Crippen LogP contribution is -2.27. The summed E-state index contributed by atoms with van der Waals surface area (Å²) in [6, 6.07) is 42.2. The third-order valence-electron chi connectivity index (χ3n) is 9.49. The molecule has 0 atom stereocenters. The fraction of sp³-hybridized carbons (Fsp3) is 0.235. The van der Waals surface area contributed by atoms with E-state index in [1.54, 1.807) is 18.6 Å². The minimum Gasteiger partial charge on any atom is -0.443 e. The van der Waals surface area contributed by atoms with Crippen LogP contribution in [0.15, 0.2) is 146 Å². The average Bonchev–Trinajstić information content (AvgIpc) is 3.98. The van der Waals surface area contributed by atoms with Crippen molar-refractivity contribution in [1.29, 1.82) is 0 Å². The van der Waals surface area contributed by atoms with Crippen LogP contribution >= 0.6 is 0 Å². The number of rotatable bonds is 6. The summed E-state index contributed by atoms with van der Waals surface area (Å²) < 4.78 is 21.5. The predicted octanol–water partition coefficient (Wildman–Crippen LogP) is 13.4. The van der Waals surface area contributed by atoms with E-state index < -0.39 is 35.1 Å². The Hall–Kier alpha value is -6.87. The van der Waals surface area contributed by atoms with Crippen LogP contribution < -0.4 is 0 Å². The highest BCUT2D eigenvalue weighted by Gasteiger charge is 2.23. The van der Waals surface area contributed by atoms with Gasteiger partial charge >= 0.3 is 18.3 Å². The van der Waals surface area contributed by atoms with Gasteiger partial charge in [-0.1, -0.05) is 72.8 Å². The zero-order chi connectivity index (χ0) is 43.0. The molecule has 7 rings (SSSR count). The summed E-state index contributed by atoms with van der Waals surface area (Å²) in [5, 5.41) is 0. The Labute approximate surface area is 351 Å². The number of benzene rings is 4. The lowest BCUT2D eigenvalue weighted by Gasteiger charge is -2.20.